The van der Waals surface area contributed by atoms with Crippen molar-refractivity contribution in [3.63, 3.8) is 0 Å². The van der Waals surface area contributed by atoms with E-state index in [1.807, 2.05) is 11.6 Å². The van der Waals surface area contributed by atoms with Crippen LogP contribution in [0.1, 0.15) is 12.6 Å². The minimum absolute atomic E-state index is 0.181. The van der Waals surface area contributed by atoms with Crippen molar-refractivity contribution in [1.82, 2.24) is 9.38 Å². The number of carbonyl (C=O) groups excluding carboxylic acids is 1. The number of aliphatic hydroxyl groups excluding tert-OH is 1. The Hall–Kier alpha value is -2.38. The van der Waals surface area contributed by atoms with Crippen LogP contribution in [-0.2, 0) is 11.4 Å². The van der Waals surface area contributed by atoms with Gasteiger partial charge in [0.1, 0.15) is 5.69 Å². The average molecular weight is 303 g/mol. The molecule has 0 bridgehead atoms. The lowest BCUT2D eigenvalue weighted by molar-refractivity contribution is -0.114. The Labute approximate surface area is 124 Å². The Balaban J connectivity index is 1.98. The number of thiazole rings is 1. The summed E-state index contributed by atoms with van der Waals surface area (Å²) >= 11 is 1.45. The van der Waals surface area contributed by atoms with Gasteiger partial charge in [-0.3, -0.25) is 9.20 Å². The van der Waals surface area contributed by atoms with Gasteiger partial charge >= 0.3 is 0 Å². The molecular formula is C14H13N3O3S. The molecule has 0 aliphatic carbocycles. The van der Waals surface area contributed by atoms with E-state index in [-0.39, 0.29) is 12.5 Å². The van der Waals surface area contributed by atoms with Crippen molar-refractivity contribution < 1.29 is 14.6 Å². The van der Waals surface area contributed by atoms with E-state index in [0.29, 0.717) is 23.0 Å². The van der Waals surface area contributed by atoms with Crippen molar-refractivity contribution in [1.29, 1.82) is 0 Å². The molecule has 0 aliphatic rings. The van der Waals surface area contributed by atoms with Gasteiger partial charge in [0, 0.05) is 18.5 Å². The number of carbonyl (C=O) groups is 1. The van der Waals surface area contributed by atoms with E-state index >= 15 is 0 Å². The van der Waals surface area contributed by atoms with E-state index in [1.54, 1.807) is 28.7 Å². The highest BCUT2D eigenvalue weighted by atomic mass is 32.1. The van der Waals surface area contributed by atoms with Gasteiger partial charge in [-0.25, -0.2) is 0 Å². The molecule has 7 heteroatoms. The number of rotatable bonds is 4. The van der Waals surface area contributed by atoms with Crippen LogP contribution in [0, 0.1) is 0 Å². The van der Waals surface area contributed by atoms with Crippen LogP contribution in [0.5, 0.6) is 11.6 Å². The van der Waals surface area contributed by atoms with Crippen LogP contribution in [0.2, 0.25) is 0 Å². The standard InChI is InChI=1S/C14H13N3O3S/c1-9(19)15-10-4-2-3-5-12(10)20-13-11(8-18)17-6-7-21-14(17)16-13/h2-7,18H,8H2,1H3,(H,15,19). The summed E-state index contributed by atoms with van der Waals surface area (Å²) in [5.74, 6) is 0.634. The fourth-order valence-corrected chi connectivity index (χ4v) is 2.72. The fraction of sp³-hybridized carbons (Fsp3) is 0.143. The van der Waals surface area contributed by atoms with E-state index in [1.165, 1.54) is 18.3 Å². The molecule has 0 fully saturated rings. The Kier molecular flexibility index (Phi) is 3.59. The van der Waals surface area contributed by atoms with Gasteiger partial charge < -0.3 is 15.2 Å². The molecule has 3 rings (SSSR count). The molecule has 0 atom stereocenters. The van der Waals surface area contributed by atoms with Crippen LogP contribution in [-0.4, -0.2) is 20.4 Å². The third-order valence-corrected chi connectivity index (χ3v) is 3.64. The minimum Gasteiger partial charge on any atom is -0.435 e. The molecule has 0 unspecified atom stereocenters. The van der Waals surface area contributed by atoms with Gasteiger partial charge in [-0.2, -0.15) is 4.98 Å². The maximum atomic E-state index is 11.2. The van der Waals surface area contributed by atoms with Crippen LogP contribution < -0.4 is 10.1 Å². The summed E-state index contributed by atoms with van der Waals surface area (Å²) in [4.78, 5) is 16.3. The molecule has 0 saturated carbocycles. The number of fused-ring (bicyclic) bond motifs is 1. The molecule has 1 aromatic carbocycles. The zero-order chi connectivity index (χ0) is 14.8. The maximum absolute atomic E-state index is 11.2. The van der Waals surface area contributed by atoms with E-state index < -0.39 is 0 Å². The Morgan fingerprint density at radius 3 is 3.05 bits per heavy atom. The van der Waals surface area contributed by atoms with Crippen LogP contribution in [0.3, 0.4) is 0 Å². The lowest BCUT2D eigenvalue weighted by Crippen LogP contribution is -2.07. The average Bonchev–Trinajstić information content (AvgIpc) is 3.00. The number of aliphatic hydroxyl groups is 1. The molecule has 108 valence electrons. The molecule has 6 nitrogen and oxygen atoms in total. The number of amides is 1. The van der Waals surface area contributed by atoms with Crippen LogP contribution >= 0.6 is 11.3 Å². The summed E-state index contributed by atoms with van der Waals surface area (Å²) in [5.41, 5.74) is 1.13. The number of anilines is 1. The SMILES string of the molecule is CC(=O)Nc1ccccc1Oc1nc2sccn2c1CO. The smallest absolute Gasteiger partial charge is 0.244 e. The second-order valence-corrected chi connectivity index (χ2v) is 5.23. The lowest BCUT2D eigenvalue weighted by atomic mass is 10.3. The van der Waals surface area contributed by atoms with E-state index in [4.69, 9.17) is 4.74 Å². The molecule has 0 spiro atoms. The number of hydrogen-bond donors (Lipinski definition) is 2. The number of benzene rings is 1. The first-order valence-electron chi connectivity index (χ1n) is 6.29. The van der Waals surface area contributed by atoms with Gasteiger partial charge in [-0.15, -0.1) is 11.3 Å². The predicted octanol–water partition coefficient (Wildman–Crippen LogP) is 2.64. The van der Waals surface area contributed by atoms with Gasteiger partial charge in [-0.1, -0.05) is 12.1 Å². The van der Waals surface area contributed by atoms with Crippen molar-refractivity contribution in [3.05, 3.63) is 41.5 Å². The summed E-state index contributed by atoms with van der Waals surface area (Å²) in [5, 5.41) is 14.1. The van der Waals surface area contributed by atoms with Crippen LogP contribution in [0.25, 0.3) is 4.96 Å². The van der Waals surface area contributed by atoms with E-state index in [9.17, 15) is 9.90 Å². The molecule has 1 amide bonds. The largest absolute Gasteiger partial charge is 0.435 e. The van der Waals surface area contributed by atoms with Crippen molar-refractivity contribution >= 4 is 27.9 Å². The Morgan fingerprint density at radius 1 is 1.48 bits per heavy atom. The molecular weight excluding hydrogens is 290 g/mol. The third kappa shape index (κ3) is 2.61. The zero-order valence-corrected chi connectivity index (χ0v) is 12.1. The number of hydrogen-bond acceptors (Lipinski definition) is 5. The quantitative estimate of drug-likeness (QED) is 0.777. The third-order valence-electron chi connectivity index (χ3n) is 2.88. The zero-order valence-electron chi connectivity index (χ0n) is 11.2. The molecule has 0 saturated heterocycles. The molecule has 2 N–H and O–H groups in total. The van der Waals surface area contributed by atoms with Gasteiger partial charge in [0.15, 0.2) is 10.7 Å². The topological polar surface area (TPSA) is 75.9 Å². The van der Waals surface area contributed by atoms with E-state index in [2.05, 4.69) is 10.3 Å². The van der Waals surface area contributed by atoms with Crippen LogP contribution in [0.4, 0.5) is 5.69 Å². The molecule has 21 heavy (non-hydrogen) atoms. The first-order valence-corrected chi connectivity index (χ1v) is 7.16. The van der Waals surface area contributed by atoms with Gasteiger partial charge in [0.05, 0.1) is 12.3 Å². The van der Waals surface area contributed by atoms with Crippen molar-refractivity contribution in [3.8, 4) is 11.6 Å². The van der Waals surface area contributed by atoms with Crippen molar-refractivity contribution in [2.45, 2.75) is 13.5 Å². The monoisotopic (exact) mass is 303 g/mol. The van der Waals surface area contributed by atoms with Crippen molar-refractivity contribution in [2.24, 2.45) is 0 Å². The molecule has 0 aliphatic heterocycles. The first kappa shape index (κ1) is 13.6. The summed E-state index contributed by atoms with van der Waals surface area (Å²) < 4.78 is 7.55. The number of nitrogens with zero attached hydrogens (tertiary/aromatic N) is 2. The predicted molar refractivity (Wildman–Crippen MR) is 79.8 cm³/mol. The molecule has 3 aromatic rings. The number of ether oxygens (including phenoxy) is 1. The fourth-order valence-electron chi connectivity index (χ4n) is 1.99. The Morgan fingerprint density at radius 2 is 2.29 bits per heavy atom. The lowest BCUT2D eigenvalue weighted by Gasteiger charge is -2.10. The highest BCUT2D eigenvalue weighted by Gasteiger charge is 2.16. The number of aromatic nitrogens is 2. The number of para-hydroxylation sites is 2. The second kappa shape index (κ2) is 5.55. The molecule has 2 aromatic heterocycles. The van der Waals surface area contributed by atoms with Gasteiger partial charge in [0.25, 0.3) is 0 Å². The maximum Gasteiger partial charge on any atom is 0.244 e. The summed E-state index contributed by atoms with van der Waals surface area (Å²) in [6.07, 6.45) is 1.82. The summed E-state index contributed by atoms with van der Waals surface area (Å²) in [6.45, 7) is 1.25. The normalized spacial score (nSPS) is 10.8. The van der Waals surface area contributed by atoms with Crippen LogP contribution in [0.15, 0.2) is 35.8 Å². The number of nitrogens with one attached hydrogen (secondary N) is 1. The van der Waals surface area contributed by atoms with Gasteiger partial charge in [0.2, 0.25) is 11.8 Å². The highest BCUT2D eigenvalue weighted by Crippen LogP contribution is 2.32. The number of imidazole rings is 1. The van der Waals surface area contributed by atoms with Crippen molar-refractivity contribution in [2.75, 3.05) is 5.32 Å². The Bertz CT molecular complexity index is 794. The molecule has 2 heterocycles. The van der Waals surface area contributed by atoms with Gasteiger partial charge in [-0.05, 0) is 12.1 Å². The summed E-state index contributed by atoms with van der Waals surface area (Å²) in [6, 6.07) is 7.09. The molecule has 0 radical (unpaired) electrons. The minimum atomic E-state index is -0.185. The van der Waals surface area contributed by atoms with E-state index in [0.717, 1.165) is 4.96 Å². The second-order valence-electron chi connectivity index (χ2n) is 4.36. The summed E-state index contributed by atoms with van der Waals surface area (Å²) in [7, 11) is 0. The highest BCUT2D eigenvalue weighted by molar-refractivity contribution is 7.15. The first-order chi connectivity index (χ1) is 10.2.